The van der Waals surface area contributed by atoms with Gasteiger partial charge in [-0.05, 0) is 103 Å². The van der Waals surface area contributed by atoms with Crippen LogP contribution in [0.2, 0.25) is 0 Å². The van der Waals surface area contributed by atoms with Gasteiger partial charge in [-0.2, -0.15) is 0 Å². The SMILES string of the molecule is c1ccc(N(c2ccccc2)c2cccc(-n3c4ccccc4c4c3ccc3c5ccccc5n(-c5cccc(N(c6ccccc6)c6ccccc6)c5)c34)c2)cc1. The average molecular weight is 743 g/mol. The Morgan fingerprint density at radius 2 is 0.655 bits per heavy atom. The zero-order valence-electron chi connectivity index (χ0n) is 31.7. The lowest BCUT2D eigenvalue weighted by molar-refractivity contribution is 1.16. The van der Waals surface area contributed by atoms with Crippen molar-refractivity contribution in [1.82, 2.24) is 9.13 Å². The number of anilines is 6. The second-order valence-electron chi connectivity index (χ2n) is 14.6. The highest BCUT2D eigenvalue weighted by molar-refractivity contribution is 6.26. The van der Waals surface area contributed by atoms with E-state index in [0.717, 1.165) is 56.5 Å². The van der Waals surface area contributed by atoms with Gasteiger partial charge in [0.25, 0.3) is 0 Å². The minimum Gasteiger partial charge on any atom is -0.310 e. The number of fused-ring (bicyclic) bond motifs is 7. The Hall–Kier alpha value is -7.82. The van der Waals surface area contributed by atoms with Crippen LogP contribution in [0.25, 0.3) is 55.0 Å². The van der Waals surface area contributed by atoms with Crippen molar-refractivity contribution >= 4 is 77.7 Å². The summed E-state index contributed by atoms with van der Waals surface area (Å²) in [5.41, 5.74) is 13.5. The van der Waals surface area contributed by atoms with Crippen molar-refractivity contribution < 1.29 is 0 Å². The molecule has 2 heterocycles. The Balaban J connectivity index is 1.16. The maximum absolute atomic E-state index is 2.48. The second kappa shape index (κ2) is 14.0. The van der Waals surface area contributed by atoms with Crippen molar-refractivity contribution in [3.05, 3.63) is 231 Å². The Labute approximate surface area is 337 Å². The van der Waals surface area contributed by atoms with Crippen molar-refractivity contribution in [2.75, 3.05) is 9.80 Å². The third-order valence-electron chi connectivity index (χ3n) is 11.2. The summed E-state index contributed by atoms with van der Waals surface area (Å²) in [6, 6.07) is 82.7. The van der Waals surface area contributed by atoms with Gasteiger partial charge in [0.05, 0.1) is 22.1 Å². The number of aromatic nitrogens is 2. The predicted molar refractivity (Wildman–Crippen MR) is 244 cm³/mol. The molecule has 0 fully saturated rings. The van der Waals surface area contributed by atoms with E-state index in [0.29, 0.717) is 0 Å². The molecule has 274 valence electrons. The standard InChI is InChI=1S/C54H38N4/c1-5-19-39(20-6-1)55(40-21-7-2-8-22-40)43-27-17-29-45(37-43)57-51-34-16-14-32-49(51)53-52(57)36-35-48-47-31-13-15-33-50(47)58(54(48)53)46-30-18-28-44(38-46)56(41-23-9-3-10-24-41)42-25-11-4-12-26-42/h1-38H. The van der Waals surface area contributed by atoms with Gasteiger partial charge in [-0.15, -0.1) is 0 Å². The van der Waals surface area contributed by atoms with Crippen molar-refractivity contribution in [2.24, 2.45) is 0 Å². The van der Waals surface area contributed by atoms with Crippen LogP contribution in [0, 0.1) is 0 Å². The van der Waals surface area contributed by atoms with E-state index in [2.05, 4.69) is 249 Å². The Bertz CT molecular complexity index is 3140. The fourth-order valence-corrected chi connectivity index (χ4v) is 8.80. The molecule has 2 aromatic heterocycles. The van der Waals surface area contributed by atoms with Crippen LogP contribution in [0.3, 0.4) is 0 Å². The van der Waals surface area contributed by atoms with Gasteiger partial charge in [0.1, 0.15) is 0 Å². The molecule has 11 rings (SSSR count). The average Bonchev–Trinajstić information content (AvgIpc) is 3.81. The van der Waals surface area contributed by atoms with Crippen molar-refractivity contribution in [3.8, 4) is 11.4 Å². The summed E-state index contributed by atoms with van der Waals surface area (Å²) >= 11 is 0. The normalized spacial score (nSPS) is 11.4. The first kappa shape index (κ1) is 33.5. The highest BCUT2D eigenvalue weighted by Gasteiger charge is 2.22. The number of hydrogen-bond acceptors (Lipinski definition) is 2. The summed E-state index contributed by atoms with van der Waals surface area (Å²) in [6.45, 7) is 0. The van der Waals surface area contributed by atoms with Crippen LogP contribution >= 0.6 is 0 Å². The van der Waals surface area contributed by atoms with Gasteiger partial charge in [0.2, 0.25) is 0 Å². The molecule has 4 nitrogen and oxygen atoms in total. The lowest BCUT2D eigenvalue weighted by atomic mass is 10.1. The summed E-state index contributed by atoms with van der Waals surface area (Å²) in [7, 11) is 0. The molecule has 11 aromatic rings. The van der Waals surface area contributed by atoms with Gasteiger partial charge >= 0.3 is 0 Å². The summed E-state index contributed by atoms with van der Waals surface area (Å²) in [5.74, 6) is 0. The number of para-hydroxylation sites is 6. The number of benzene rings is 9. The molecule has 0 radical (unpaired) electrons. The third-order valence-corrected chi connectivity index (χ3v) is 11.2. The van der Waals surface area contributed by atoms with Crippen molar-refractivity contribution in [1.29, 1.82) is 0 Å². The quantitative estimate of drug-likeness (QED) is 0.154. The Morgan fingerprint density at radius 1 is 0.259 bits per heavy atom. The van der Waals surface area contributed by atoms with Gasteiger partial charge in [0, 0.05) is 67.0 Å². The second-order valence-corrected chi connectivity index (χ2v) is 14.6. The van der Waals surface area contributed by atoms with Crippen LogP contribution in [0.5, 0.6) is 0 Å². The topological polar surface area (TPSA) is 16.3 Å². The molecule has 0 aliphatic heterocycles. The molecule has 0 spiro atoms. The summed E-state index contributed by atoms with van der Waals surface area (Å²) in [4.78, 5) is 4.66. The van der Waals surface area contributed by atoms with Crippen molar-refractivity contribution in [2.45, 2.75) is 0 Å². The minimum absolute atomic E-state index is 1.09. The lowest BCUT2D eigenvalue weighted by Gasteiger charge is -2.26. The molecule has 0 unspecified atom stereocenters. The van der Waals surface area contributed by atoms with Gasteiger partial charge in [0.15, 0.2) is 0 Å². The minimum atomic E-state index is 1.09. The lowest BCUT2D eigenvalue weighted by Crippen LogP contribution is -2.10. The molecule has 0 atom stereocenters. The molecular formula is C54H38N4. The fraction of sp³-hybridized carbons (Fsp3) is 0. The molecule has 0 saturated carbocycles. The van der Waals surface area contributed by atoms with E-state index in [4.69, 9.17) is 0 Å². The van der Waals surface area contributed by atoms with Gasteiger partial charge < -0.3 is 18.9 Å². The molecule has 9 aromatic carbocycles. The van der Waals surface area contributed by atoms with E-state index in [9.17, 15) is 0 Å². The largest absolute Gasteiger partial charge is 0.310 e. The monoisotopic (exact) mass is 742 g/mol. The Morgan fingerprint density at radius 3 is 1.16 bits per heavy atom. The molecule has 0 amide bonds. The molecule has 0 bridgehead atoms. The highest BCUT2D eigenvalue weighted by Crippen LogP contribution is 2.44. The van der Waals surface area contributed by atoms with E-state index in [-0.39, 0.29) is 0 Å². The molecular weight excluding hydrogens is 705 g/mol. The summed E-state index contributed by atoms with van der Waals surface area (Å²) in [6.07, 6.45) is 0. The first-order valence-corrected chi connectivity index (χ1v) is 19.8. The van der Waals surface area contributed by atoms with Gasteiger partial charge in [-0.3, -0.25) is 0 Å². The molecule has 0 N–H and O–H groups in total. The number of rotatable bonds is 8. The maximum atomic E-state index is 2.48. The van der Waals surface area contributed by atoms with Gasteiger partial charge in [-0.1, -0.05) is 127 Å². The molecule has 0 saturated heterocycles. The highest BCUT2D eigenvalue weighted by atomic mass is 15.2. The van der Waals surface area contributed by atoms with E-state index in [1.807, 2.05) is 0 Å². The van der Waals surface area contributed by atoms with E-state index in [1.165, 1.54) is 32.6 Å². The van der Waals surface area contributed by atoms with Crippen LogP contribution in [0.4, 0.5) is 34.1 Å². The predicted octanol–water partition coefficient (Wildman–Crippen LogP) is 14.8. The number of nitrogens with zero attached hydrogens (tertiary/aromatic N) is 4. The third kappa shape index (κ3) is 5.54. The molecule has 0 aliphatic rings. The Kier molecular flexibility index (Phi) is 8.11. The van der Waals surface area contributed by atoms with E-state index >= 15 is 0 Å². The zero-order chi connectivity index (χ0) is 38.4. The van der Waals surface area contributed by atoms with Crippen LogP contribution in [-0.2, 0) is 0 Å². The fourth-order valence-electron chi connectivity index (χ4n) is 8.80. The first-order valence-electron chi connectivity index (χ1n) is 19.8. The van der Waals surface area contributed by atoms with E-state index < -0.39 is 0 Å². The zero-order valence-corrected chi connectivity index (χ0v) is 31.7. The molecule has 4 heteroatoms. The van der Waals surface area contributed by atoms with Crippen LogP contribution < -0.4 is 9.80 Å². The van der Waals surface area contributed by atoms with Crippen molar-refractivity contribution in [3.63, 3.8) is 0 Å². The molecule has 0 aliphatic carbocycles. The van der Waals surface area contributed by atoms with Crippen LogP contribution in [0.1, 0.15) is 0 Å². The van der Waals surface area contributed by atoms with Crippen LogP contribution in [-0.4, -0.2) is 9.13 Å². The smallest absolute Gasteiger partial charge is 0.0641 e. The molecule has 58 heavy (non-hydrogen) atoms. The first-order chi connectivity index (χ1) is 28.8. The summed E-state index contributed by atoms with van der Waals surface area (Å²) < 4.78 is 4.91. The van der Waals surface area contributed by atoms with Crippen LogP contribution in [0.15, 0.2) is 231 Å². The summed E-state index contributed by atoms with van der Waals surface area (Å²) in [5, 5.41) is 4.90. The maximum Gasteiger partial charge on any atom is 0.0641 e. The van der Waals surface area contributed by atoms with Gasteiger partial charge in [-0.25, -0.2) is 0 Å². The number of hydrogen-bond donors (Lipinski definition) is 0. The van der Waals surface area contributed by atoms with E-state index in [1.54, 1.807) is 0 Å².